The highest BCUT2D eigenvalue weighted by Crippen LogP contribution is 2.37. The number of fused-ring (bicyclic) bond motifs is 2. The van der Waals surface area contributed by atoms with Crippen LogP contribution in [0, 0.1) is 0 Å². The molecule has 0 spiro atoms. The third-order valence-electron chi connectivity index (χ3n) is 5.81. The van der Waals surface area contributed by atoms with Crippen LogP contribution in [-0.2, 0) is 0 Å². The molecule has 0 atom stereocenters. The molecule has 0 heterocycles. The molecular weight excluding hydrogens is 428 g/mol. The van der Waals surface area contributed by atoms with Crippen molar-refractivity contribution in [2.24, 2.45) is 0 Å². The van der Waals surface area contributed by atoms with E-state index in [1.807, 2.05) is 48.5 Å². The van der Waals surface area contributed by atoms with Crippen LogP contribution >= 0.6 is 0 Å². The molecule has 0 amide bonds. The van der Waals surface area contributed by atoms with Crippen molar-refractivity contribution in [2.45, 2.75) is 0 Å². The Morgan fingerprint density at radius 1 is 0.529 bits per heavy atom. The van der Waals surface area contributed by atoms with E-state index in [1.54, 1.807) is 50.6 Å². The first kappa shape index (κ1) is 21.3. The monoisotopic (exact) mass is 450 g/mol. The number of ether oxygens (including phenoxy) is 2. The van der Waals surface area contributed by atoms with Crippen molar-refractivity contribution in [3.05, 3.63) is 107 Å². The standard InChI is InChI=1S/C28H22N2O4/c1-33-19-13-9-17(10-14-19)29-23-7-3-5-21-25(23)28(32)26-22(27(21)31)6-4-8-24(26)30-18-11-15-20(34-2)16-12-18/h3-16,29-30H,1-2H3. The van der Waals surface area contributed by atoms with Gasteiger partial charge in [-0.05, 0) is 60.7 Å². The van der Waals surface area contributed by atoms with Crippen molar-refractivity contribution in [3.63, 3.8) is 0 Å². The van der Waals surface area contributed by atoms with Crippen LogP contribution in [0.2, 0.25) is 0 Å². The van der Waals surface area contributed by atoms with Gasteiger partial charge in [0.15, 0.2) is 11.6 Å². The lowest BCUT2D eigenvalue weighted by atomic mass is 9.82. The largest absolute Gasteiger partial charge is 0.497 e. The molecule has 5 rings (SSSR count). The van der Waals surface area contributed by atoms with E-state index in [1.165, 1.54) is 0 Å². The van der Waals surface area contributed by atoms with Gasteiger partial charge in [0.1, 0.15) is 11.5 Å². The Kier molecular flexibility index (Phi) is 5.47. The molecule has 0 saturated heterocycles. The molecule has 4 aromatic rings. The average Bonchev–Trinajstić information content (AvgIpc) is 2.88. The van der Waals surface area contributed by atoms with Crippen molar-refractivity contribution < 1.29 is 19.1 Å². The van der Waals surface area contributed by atoms with Gasteiger partial charge in [-0.15, -0.1) is 0 Å². The summed E-state index contributed by atoms with van der Waals surface area (Å²) in [6, 6.07) is 25.3. The number of anilines is 4. The lowest BCUT2D eigenvalue weighted by Crippen LogP contribution is -2.23. The first-order valence-electron chi connectivity index (χ1n) is 10.8. The quantitative estimate of drug-likeness (QED) is 0.332. The molecule has 168 valence electrons. The van der Waals surface area contributed by atoms with Gasteiger partial charge in [0.2, 0.25) is 0 Å². The number of methoxy groups -OCH3 is 2. The van der Waals surface area contributed by atoms with Crippen LogP contribution in [0.25, 0.3) is 0 Å². The maximum atomic E-state index is 13.8. The maximum Gasteiger partial charge on any atom is 0.198 e. The first-order valence-corrected chi connectivity index (χ1v) is 10.8. The second kappa shape index (κ2) is 8.75. The predicted octanol–water partition coefficient (Wildman–Crippen LogP) is 5.97. The van der Waals surface area contributed by atoms with E-state index in [-0.39, 0.29) is 11.6 Å². The molecule has 0 fully saturated rings. The molecule has 0 radical (unpaired) electrons. The topological polar surface area (TPSA) is 76.7 Å². The Labute approximate surface area is 197 Å². The van der Waals surface area contributed by atoms with Crippen LogP contribution in [0.1, 0.15) is 31.8 Å². The number of hydrogen-bond donors (Lipinski definition) is 2. The van der Waals surface area contributed by atoms with Crippen LogP contribution in [-0.4, -0.2) is 25.8 Å². The summed E-state index contributed by atoms with van der Waals surface area (Å²) in [5, 5.41) is 6.57. The zero-order valence-electron chi connectivity index (χ0n) is 18.7. The molecule has 0 aromatic heterocycles. The van der Waals surface area contributed by atoms with Crippen LogP contribution < -0.4 is 20.1 Å². The Hall–Kier alpha value is -4.58. The SMILES string of the molecule is COc1ccc(Nc2cccc3c2C(=O)c2c(Nc4ccc(OC)cc4)cccc2C3=O)cc1. The summed E-state index contributed by atoms with van der Waals surface area (Å²) < 4.78 is 10.4. The summed E-state index contributed by atoms with van der Waals surface area (Å²) >= 11 is 0. The second-order valence-corrected chi connectivity index (χ2v) is 7.82. The van der Waals surface area contributed by atoms with Gasteiger partial charge in [0.25, 0.3) is 0 Å². The van der Waals surface area contributed by atoms with Gasteiger partial charge in [0.05, 0.1) is 36.7 Å². The Morgan fingerprint density at radius 3 is 1.32 bits per heavy atom. The van der Waals surface area contributed by atoms with Crippen LogP contribution in [0.3, 0.4) is 0 Å². The van der Waals surface area contributed by atoms with Crippen molar-refractivity contribution in [1.29, 1.82) is 0 Å². The molecule has 2 N–H and O–H groups in total. The molecule has 6 nitrogen and oxygen atoms in total. The number of nitrogens with one attached hydrogen (secondary N) is 2. The van der Waals surface area contributed by atoms with E-state index < -0.39 is 0 Å². The summed E-state index contributed by atoms with van der Waals surface area (Å²) in [5.74, 6) is 1.07. The predicted molar refractivity (Wildman–Crippen MR) is 132 cm³/mol. The van der Waals surface area contributed by atoms with Crippen molar-refractivity contribution in [3.8, 4) is 11.5 Å². The fourth-order valence-corrected chi connectivity index (χ4v) is 4.11. The summed E-state index contributed by atoms with van der Waals surface area (Å²) in [7, 11) is 3.21. The minimum absolute atomic E-state index is 0.179. The van der Waals surface area contributed by atoms with E-state index in [0.29, 0.717) is 33.6 Å². The zero-order chi connectivity index (χ0) is 23.7. The molecule has 0 aliphatic heterocycles. The van der Waals surface area contributed by atoms with Crippen LogP contribution in [0.15, 0.2) is 84.9 Å². The number of ketones is 2. The van der Waals surface area contributed by atoms with Gasteiger partial charge in [-0.3, -0.25) is 9.59 Å². The first-order chi connectivity index (χ1) is 16.6. The molecule has 4 aromatic carbocycles. The second-order valence-electron chi connectivity index (χ2n) is 7.82. The number of benzene rings is 4. The minimum atomic E-state index is -0.210. The fraction of sp³-hybridized carbons (Fsp3) is 0.0714. The Morgan fingerprint density at radius 2 is 0.941 bits per heavy atom. The van der Waals surface area contributed by atoms with Gasteiger partial charge in [-0.25, -0.2) is 0 Å². The molecule has 0 saturated carbocycles. The summed E-state index contributed by atoms with van der Waals surface area (Å²) in [5.41, 5.74) is 4.21. The molecule has 34 heavy (non-hydrogen) atoms. The Bertz CT molecular complexity index is 1290. The third kappa shape index (κ3) is 3.75. The van der Waals surface area contributed by atoms with E-state index in [4.69, 9.17) is 9.47 Å². The molecule has 1 aliphatic carbocycles. The van der Waals surface area contributed by atoms with Gasteiger partial charge in [-0.2, -0.15) is 0 Å². The van der Waals surface area contributed by atoms with Crippen LogP contribution in [0.4, 0.5) is 22.7 Å². The smallest absolute Gasteiger partial charge is 0.198 e. The number of carbonyl (C=O) groups excluding carboxylic acids is 2. The van der Waals surface area contributed by atoms with Crippen molar-refractivity contribution >= 4 is 34.3 Å². The number of rotatable bonds is 6. The zero-order valence-corrected chi connectivity index (χ0v) is 18.7. The fourth-order valence-electron chi connectivity index (χ4n) is 4.11. The summed E-state index contributed by atoms with van der Waals surface area (Å²) in [6.07, 6.45) is 0. The lowest BCUT2D eigenvalue weighted by molar-refractivity contribution is 0.0980. The minimum Gasteiger partial charge on any atom is -0.497 e. The van der Waals surface area contributed by atoms with E-state index in [9.17, 15) is 9.59 Å². The molecule has 6 heteroatoms. The third-order valence-corrected chi connectivity index (χ3v) is 5.81. The average molecular weight is 450 g/mol. The lowest BCUT2D eigenvalue weighted by Gasteiger charge is -2.23. The molecule has 1 aliphatic rings. The van der Waals surface area contributed by atoms with Gasteiger partial charge < -0.3 is 20.1 Å². The Balaban J connectivity index is 1.54. The molecule has 0 unspecified atom stereocenters. The van der Waals surface area contributed by atoms with Gasteiger partial charge >= 0.3 is 0 Å². The van der Waals surface area contributed by atoms with E-state index >= 15 is 0 Å². The molecule has 0 bridgehead atoms. The van der Waals surface area contributed by atoms with E-state index in [2.05, 4.69) is 10.6 Å². The normalized spacial score (nSPS) is 11.9. The van der Waals surface area contributed by atoms with Gasteiger partial charge in [0, 0.05) is 22.5 Å². The summed E-state index contributed by atoms with van der Waals surface area (Å²) in [4.78, 5) is 27.2. The number of hydrogen-bond acceptors (Lipinski definition) is 6. The molecular formula is C28H22N2O4. The number of carbonyl (C=O) groups is 2. The maximum absolute atomic E-state index is 13.8. The van der Waals surface area contributed by atoms with Crippen molar-refractivity contribution in [1.82, 2.24) is 0 Å². The highest BCUT2D eigenvalue weighted by molar-refractivity contribution is 6.32. The van der Waals surface area contributed by atoms with Crippen molar-refractivity contribution in [2.75, 3.05) is 24.9 Å². The van der Waals surface area contributed by atoms with Crippen LogP contribution in [0.5, 0.6) is 11.5 Å². The van der Waals surface area contributed by atoms with E-state index in [0.717, 1.165) is 22.9 Å². The van der Waals surface area contributed by atoms with Gasteiger partial charge in [-0.1, -0.05) is 24.3 Å². The summed E-state index contributed by atoms with van der Waals surface area (Å²) in [6.45, 7) is 0. The highest BCUT2D eigenvalue weighted by atomic mass is 16.5. The highest BCUT2D eigenvalue weighted by Gasteiger charge is 2.33.